The summed E-state index contributed by atoms with van der Waals surface area (Å²) in [6, 6.07) is 11.0. The molecule has 5 nitrogen and oxygen atoms in total. The van der Waals surface area contributed by atoms with Crippen LogP contribution in [0.3, 0.4) is 0 Å². The molecular formula is C13H13N3O2. The van der Waals surface area contributed by atoms with Crippen LogP contribution >= 0.6 is 0 Å². The molecule has 1 N–H and O–H groups in total. The molecule has 1 amide bonds. The summed E-state index contributed by atoms with van der Waals surface area (Å²) in [4.78, 5) is 10.9. The first-order valence-electron chi connectivity index (χ1n) is 5.45. The minimum atomic E-state index is -0.0908. The fraction of sp³-hybridized carbons (Fsp3) is 0.154. The standard InChI is InChI=1S/C13H13N3O2/c1-9(17)14-11-5-3-10(4-6-11)12-7-8-13(18-2)16-15-12/h3-8H,1-2H3,(H,14,17). The number of ether oxygens (including phenoxy) is 1. The molecule has 0 saturated carbocycles. The number of nitrogens with one attached hydrogen (secondary N) is 1. The lowest BCUT2D eigenvalue weighted by Crippen LogP contribution is -2.05. The summed E-state index contributed by atoms with van der Waals surface area (Å²) in [6.45, 7) is 1.48. The van der Waals surface area contributed by atoms with E-state index < -0.39 is 0 Å². The molecule has 1 heterocycles. The number of benzene rings is 1. The van der Waals surface area contributed by atoms with Gasteiger partial charge in [0.2, 0.25) is 11.8 Å². The Bertz CT molecular complexity index is 535. The summed E-state index contributed by atoms with van der Waals surface area (Å²) in [5.41, 5.74) is 2.44. The number of amides is 1. The quantitative estimate of drug-likeness (QED) is 0.896. The third-order valence-electron chi connectivity index (χ3n) is 2.35. The zero-order valence-corrected chi connectivity index (χ0v) is 10.2. The SMILES string of the molecule is COc1ccc(-c2ccc(NC(C)=O)cc2)nn1. The van der Waals surface area contributed by atoms with E-state index in [0.29, 0.717) is 5.88 Å². The van der Waals surface area contributed by atoms with Gasteiger partial charge in [0, 0.05) is 24.2 Å². The lowest BCUT2D eigenvalue weighted by Gasteiger charge is -2.04. The highest BCUT2D eigenvalue weighted by atomic mass is 16.5. The molecule has 2 rings (SSSR count). The number of rotatable bonds is 3. The van der Waals surface area contributed by atoms with Gasteiger partial charge in [0.25, 0.3) is 0 Å². The lowest BCUT2D eigenvalue weighted by molar-refractivity contribution is -0.114. The maximum Gasteiger partial charge on any atom is 0.233 e. The van der Waals surface area contributed by atoms with Crippen molar-refractivity contribution in [2.45, 2.75) is 6.92 Å². The first kappa shape index (κ1) is 12.0. The van der Waals surface area contributed by atoms with Gasteiger partial charge < -0.3 is 10.1 Å². The predicted octanol–water partition coefficient (Wildman–Crippen LogP) is 2.11. The van der Waals surface area contributed by atoms with Crippen LogP contribution in [-0.4, -0.2) is 23.2 Å². The van der Waals surface area contributed by atoms with E-state index in [-0.39, 0.29) is 5.91 Å². The van der Waals surface area contributed by atoms with Crippen LogP contribution < -0.4 is 10.1 Å². The second-order valence-corrected chi connectivity index (χ2v) is 3.72. The van der Waals surface area contributed by atoms with Crippen LogP contribution in [0.4, 0.5) is 5.69 Å². The van der Waals surface area contributed by atoms with Gasteiger partial charge in [-0.3, -0.25) is 4.79 Å². The van der Waals surface area contributed by atoms with E-state index in [9.17, 15) is 4.79 Å². The van der Waals surface area contributed by atoms with E-state index in [1.807, 2.05) is 30.3 Å². The average Bonchev–Trinajstić information content (AvgIpc) is 2.39. The van der Waals surface area contributed by atoms with Crippen molar-refractivity contribution in [3.8, 4) is 17.1 Å². The Labute approximate surface area is 105 Å². The van der Waals surface area contributed by atoms with E-state index in [2.05, 4.69) is 15.5 Å². The third-order valence-corrected chi connectivity index (χ3v) is 2.35. The molecule has 1 aromatic heterocycles. The number of hydrogen-bond acceptors (Lipinski definition) is 4. The Kier molecular flexibility index (Phi) is 3.52. The summed E-state index contributed by atoms with van der Waals surface area (Å²) in [6.07, 6.45) is 0. The van der Waals surface area contributed by atoms with Crippen molar-refractivity contribution < 1.29 is 9.53 Å². The highest BCUT2D eigenvalue weighted by Crippen LogP contribution is 2.20. The minimum absolute atomic E-state index is 0.0908. The van der Waals surface area contributed by atoms with Crippen molar-refractivity contribution in [3.05, 3.63) is 36.4 Å². The molecule has 1 aromatic carbocycles. The summed E-state index contributed by atoms with van der Waals surface area (Å²) in [7, 11) is 1.55. The molecule has 0 unspecified atom stereocenters. The smallest absolute Gasteiger partial charge is 0.233 e. The summed E-state index contributed by atoms with van der Waals surface area (Å²) in [5, 5.41) is 10.7. The van der Waals surface area contributed by atoms with Gasteiger partial charge in [-0.15, -0.1) is 10.2 Å². The van der Waals surface area contributed by atoms with Crippen LogP contribution in [-0.2, 0) is 4.79 Å². The van der Waals surface area contributed by atoms with Gasteiger partial charge in [-0.05, 0) is 18.2 Å². The van der Waals surface area contributed by atoms with Crippen LogP contribution in [0.5, 0.6) is 5.88 Å². The van der Waals surface area contributed by atoms with Gasteiger partial charge in [-0.2, -0.15) is 0 Å². The third kappa shape index (κ3) is 2.82. The highest BCUT2D eigenvalue weighted by Gasteiger charge is 2.02. The van der Waals surface area contributed by atoms with Crippen LogP contribution in [0.1, 0.15) is 6.92 Å². The molecule has 0 spiro atoms. The van der Waals surface area contributed by atoms with E-state index >= 15 is 0 Å². The van der Waals surface area contributed by atoms with Crippen molar-refractivity contribution in [3.63, 3.8) is 0 Å². The highest BCUT2D eigenvalue weighted by molar-refractivity contribution is 5.88. The molecule has 92 valence electrons. The minimum Gasteiger partial charge on any atom is -0.480 e. The van der Waals surface area contributed by atoms with E-state index in [0.717, 1.165) is 16.9 Å². The molecule has 0 fully saturated rings. The van der Waals surface area contributed by atoms with Crippen molar-refractivity contribution >= 4 is 11.6 Å². The van der Waals surface area contributed by atoms with Crippen molar-refractivity contribution in [2.24, 2.45) is 0 Å². The molecule has 0 atom stereocenters. The summed E-state index contributed by atoms with van der Waals surface area (Å²) < 4.78 is 4.95. The first-order valence-corrected chi connectivity index (χ1v) is 5.45. The topological polar surface area (TPSA) is 64.1 Å². The summed E-state index contributed by atoms with van der Waals surface area (Å²) in [5.74, 6) is 0.389. The van der Waals surface area contributed by atoms with Gasteiger partial charge in [0.15, 0.2) is 0 Å². The number of carbonyl (C=O) groups excluding carboxylic acids is 1. The van der Waals surface area contributed by atoms with Crippen molar-refractivity contribution in [1.29, 1.82) is 0 Å². The Balaban J connectivity index is 2.20. The molecule has 0 bridgehead atoms. The Hall–Kier alpha value is -2.43. The van der Waals surface area contributed by atoms with Gasteiger partial charge >= 0.3 is 0 Å². The molecule has 2 aromatic rings. The zero-order chi connectivity index (χ0) is 13.0. The van der Waals surface area contributed by atoms with E-state index in [1.165, 1.54) is 6.92 Å². The molecule has 0 saturated heterocycles. The Morgan fingerprint density at radius 2 is 1.83 bits per heavy atom. The monoisotopic (exact) mass is 243 g/mol. The first-order chi connectivity index (χ1) is 8.69. The molecule has 0 radical (unpaired) electrons. The van der Waals surface area contributed by atoms with E-state index in [1.54, 1.807) is 13.2 Å². The van der Waals surface area contributed by atoms with Crippen LogP contribution in [0.25, 0.3) is 11.3 Å². The number of methoxy groups -OCH3 is 1. The molecule has 5 heteroatoms. The predicted molar refractivity (Wildman–Crippen MR) is 68.3 cm³/mol. The number of nitrogens with zero attached hydrogens (tertiary/aromatic N) is 2. The number of hydrogen-bond donors (Lipinski definition) is 1. The maximum absolute atomic E-state index is 10.9. The van der Waals surface area contributed by atoms with Gasteiger partial charge in [0.1, 0.15) is 0 Å². The number of carbonyl (C=O) groups is 1. The Morgan fingerprint density at radius 3 is 2.33 bits per heavy atom. The summed E-state index contributed by atoms with van der Waals surface area (Å²) >= 11 is 0. The van der Waals surface area contributed by atoms with E-state index in [4.69, 9.17) is 4.74 Å². The molecule has 18 heavy (non-hydrogen) atoms. The van der Waals surface area contributed by atoms with Crippen molar-refractivity contribution in [2.75, 3.05) is 12.4 Å². The van der Waals surface area contributed by atoms with Crippen LogP contribution in [0, 0.1) is 0 Å². The number of anilines is 1. The fourth-order valence-corrected chi connectivity index (χ4v) is 1.51. The lowest BCUT2D eigenvalue weighted by atomic mass is 10.1. The molecule has 0 aliphatic carbocycles. The fourth-order valence-electron chi connectivity index (χ4n) is 1.51. The van der Waals surface area contributed by atoms with Gasteiger partial charge in [-0.25, -0.2) is 0 Å². The van der Waals surface area contributed by atoms with Gasteiger partial charge in [-0.1, -0.05) is 12.1 Å². The second kappa shape index (κ2) is 5.27. The second-order valence-electron chi connectivity index (χ2n) is 3.72. The Morgan fingerprint density at radius 1 is 1.11 bits per heavy atom. The van der Waals surface area contributed by atoms with Gasteiger partial charge in [0.05, 0.1) is 12.8 Å². The van der Waals surface area contributed by atoms with Crippen LogP contribution in [0.15, 0.2) is 36.4 Å². The largest absolute Gasteiger partial charge is 0.480 e. The zero-order valence-electron chi connectivity index (χ0n) is 10.2. The molecule has 0 aliphatic rings. The van der Waals surface area contributed by atoms with Crippen molar-refractivity contribution in [1.82, 2.24) is 10.2 Å². The normalized spacial score (nSPS) is 9.89. The molecular weight excluding hydrogens is 230 g/mol. The maximum atomic E-state index is 10.9. The average molecular weight is 243 g/mol. The van der Waals surface area contributed by atoms with Crippen LogP contribution in [0.2, 0.25) is 0 Å². The molecule has 0 aliphatic heterocycles. The number of aromatic nitrogens is 2.